The molecule has 1 aliphatic rings. The number of halogens is 2. The summed E-state index contributed by atoms with van der Waals surface area (Å²) in [7, 11) is 0. The Morgan fingerprint density at radius 3 is 2.93 bits per heavy atom. The molecule has 2 rings (SSSR count). The number of carbonyl (C=O) groups excluding carboxylic acids is 1. The molecule has 4 heteroatoms. The fourth-order valence-corrected chi connectivity index (χ4v) is 1.84. The molecule has 14 heavy (non-hydrogen) atoms. The van der Waals surface area contributed by atoms with Crippen molar-refractivity contribution in [1.29, 1.82) is 0 Å². The second-order valence-electron chi connectivity index (χ2n) is 3.27. The van der Waals surface area contributed by atoms with Crippen molar-refractivity contribution in [3.05, 3.63) is 34.6 Å². The molecule has 1 atom stereocenters. The standard InChI is InChI=1S/C10H9ClFNO/c11-8-2-1-6(12)5-7(8)10-9(14)3-4-13-10/h1-2,5,10,13H,3-4H2. The molecule has 1 unspecified atom stereocenters. The van der Waals surface area contributed by atoms with Gasteiger partial charge in [-0.15, -0.1) is 0 Å². The third kappa shape index (κ3) is 1.65. The first-order valence-corrected chi connectivity index (χ1v) is 4.77. The lowest BCUT2D eigenvalue weighted by atomic mass is 10.0. The van der Waals surface area contributed by atoms with Gasteiger partial charge in [-0.1, -0.05) is 11.6 Å². The molecule has 1 aliphatic heterocycles. The predicted molar refractivity (Wildman–Crippen MR) is 51.8 cm³/mol. The molecule has 74 valence electrons. The fourth-order valence-electron chi connectivity index (χ4n) is 1.62. The number of hydrogen-bond acceptors (Lipinski definition) is 2. The zero-order chi connectivity index (χ0) is 10.1. The van der Waals surface area contributed by atoms with Crippen LogP contribution in [0.2, 0.25) is 5.02 Å². The molecule has 1 saturated heterocycles. The van der Waals surface area contributed by atoms with Crippen molar-refractivity contribution >= 4 is 17.4 Å². The van der Waals surface area contributed by atoms with E-state index >= 15 is 0 Å². The molecule has 1 heterocycles. The highest BCUT2D eigenvalue weighted by Crippen LogP contribution is 2.27. The number of nitrogens with one attached hydrogen (secondary N) is 1. The van der Waals surface area contributed by atoms with E-state index in [1.165, 1.54) is 18.2 Å². The Morgan fingerprint density at radius 2 is 2.29 bits per heavy atom. The second-order valence-corrected chi connectivity index (χ2v) is 3.68. The van der Waals surface area contributed by atoms with Gasteiger partial charge >= 0.3 is 0 Å². The van der Waals surface area contributed by atoms with Crippen LogP contribution in [0, 0.1) is 5.82 Å². The van der Waals surface area contributed by atoms with Gasteiger partial charge in [0.2, 0.25) is 0 Å². The Morgan fingerprint density at radius 1 is 1.50 bits per heavy atom. The SMILES string of the molecule is O=C1CCNC1c1cc(F)ccc1Cl. The van der Waals surface area contributed by atoms with Crippen molar-refractivity contribution in [2.75, 3.05) is 6.54 Å². The quantitative estimate of drug-likeness (QED) is 0.774. The van der Waals surface area contributed by atoms with Gasteiger partial charge in [0.25, 0.3) is 0 Å². The summed E-state index contributed by atoms with van der Waals surface area (Å²) in [5.74, 6) is -0.302. The Kier molecular flexibility index (Phi) is 2.52. The summed E-state index contributed by atoms with van der Waals surface area (Å²) < 4.78 is 12.9. The Labute approximate surface area is 86.1 Å². The monoisotopic (exact) mass is 213 g/mol. The zero-order valence-corrected chi connectivity index (χ0v) is 8.14. The zero-order valence-electron chi connectivity index (χ0n) is 7.39. The molecule has 1 N–H and O–H groups in total. The van der Waals surface area contributed by atoms with Crippen LogP contribution >= 0.6 is 11.6 Å². The number of hydrogen-bond donors (Lipinski definition) is 1. The van der Waals surface area contributed by atoms with Gasteiger partial charge in [0.1, 0.15) is 5.82 Å². The van der Waals surface area contributed by atoms with Crippen LogP contribution in [-0.2, 0) is 4.79 Å². The van der Waals surface area contributed by atoms with E-state index in [1.54, 1.807) is 0 Å². The summed E-state index contributed by atoms with van der Waals surface area (Å²) >= 11 is 5.88. The minimum Gasteiger partial charge on any atom is -0.303 e. The summed E-state index contributed by atoms with van der Waals surface area (Å²) in [5.41, 5.74) is 0.536. The van der Waals surface area contributed by atoms with E-state index in [9.17, 15) is 9.18 Å². The first-order chi connectivity index (χ1) is 6.68. The van der Waals surface area contributed by atoms with E-state index in [0.717, 1.165) is 0 Å². The summed E-state index contributed by atoms with van der Waals surface area (Å²) in [6.45, 7) is 0.635. The molecule has 0 saturated carbocycles. The molecular weight excluding hydrogens is 205 g/mol. The van der Waals surface area contributed by atoms with Crippen molar-refractivity contribution in [3.63, 3.8) is 0 Å². The van der Waals surface area contributed by atoms with Crippen LogP contribution in [0.3, 0.4) is 0 Å². The fraction of sp³-hybridized carbons (Fsp3) is 0.300. The highest BCUT2D eigenvalue weighted by atomic mass is 35.5. The van der Waals surface area contributed by atoms with Crippen LogP contribution in [0.5, 0.6) is 0 Å². The lowest BCUT2D eigenvalue weighted by molar-refractivity contribution is -0.118. The topological polar surface area (TPSA) is 29.1 Å². The van der Waals surface area contributed by atoms with E-state index < -0.39 is 6.04 Å². The van der Waals surface area contributed by atoms with E-state index in [-0.39, 0.29) is 11.6 Å². The van der Waals surface area contributed by atoms with Crippen LogP contribution in [0.4, 0.5) is 4.39 Å². The number of rotatable bonds is 1. The van der Waals surface area contributed by atoms with Crippen LogP contribution < -0.4 is 5.32 Å². The van der Waals surface area contributed by atoms with E-state index in [2.05, 4.69) is 5.32 Å². The van der Waals surface area contributed by atoms with E-state index in [0.29, 0.717) is 23.6 Å². The van der Waals surface area contributed by atoms with Gasteiger partial charge in [0.05, 0.1) is 6.04 Å². The third-order valence-corrected chi connectivity index (χ3v) is 2.66. The summed E-state index contributed by atoms with van der Waals surface area (Å²) in [4.78, 5) is 11.4. The molecule has 0 aromatic heterocycles. The first kappa shape index (κ1) is 9.62. The number of ketones is 1. The molecule has 1 fully saturated rings. The van der Waals surface area contributed by atoms with Crippen LogP contribution in [0.15, 0.2) is 18.2 Å². The summed E-state index contributed by atoms with van der Waals surface area (Å²) in [6.07, 6.45) is 0.484. The highest BCUT2D eigenvalue weighted by molar-refractivity contribution is 6.31. The van der Waals surface area contributed by atoms with Gasteiger partial charge in [-0.05, 0) is 23.8 Å². The van der Waals surface area contributed by atoms with Gasteiger partial charge in [-0.25, -0.2) is 4.39 Å². The average molecular weight is 214 g/mol. The molecule has 0 radical (unpaired) electrons. The second kappa shape index (κ2) is 3.67. The smallest absolute Gasteiger partial charge is 0.155 e. The van der Waals surface area contributed by atoms with Gasteiger partial charge in [0, 0.05) is 18.0 Å². The van der Waals surface area contributed by atoms with Crippen molar-refractivity contribution in [3.8, 4) is 0 Å². The summed E-state index contributed by atoms with van der Waals surface area (Å²) in [6, 6.07) is 3.63. The maximum atomic E-state index is 12.9. The first-order valence-electron chi connectivity index (χ1n) is 4.39. The Bertz CT molecular complexity index is 380. The highest BCUT2D eigenvalue weighted by Gasteiger charge is 2.27. The van der Waals surface area contributed by atoms with E-state index in [4.69, 9.17) is 11.6 Å². The van der Waals surface area contributed by atoms with Crippen LogP contribution in [0.1, 0.15) is 18.0 Å². The number of Topliss-reactive ketones (excluding diaryl/α,β-unsaturated/α-hetero) is 1. The molecule has 0 spiro atoms. The van der Waals surface area contributed by atoms with Crippen molar-refractivity contribution in [1.82, 2.24) is 5.32 Å². The number of benzene rings is 1. The van der Waals surface area contributed by atoms with Crippen LogP contribution in [-0.4, -0.2) is 12.3 Å². The lowest BCUT2D eigenvalue weighted by Gasteiger charge is -2.10. The van der Waals surface area contributed by atoms with Gasteiger partial charge < -0.3 is 5.32 Å². The van der Waals surface area contributed by atoms with E-state index in [1.807, 2.05) is 0 Å². The average Bonchev–Trinajstić information content (AvgIpc) is 2.56. The Hall–Kier alpha value is -0.930. The minimum absolute atomic E-state index is 0.0671. The normalized spacial score (nSPS) is 21.6. The molecular formula is C10H9ClFNO. The lowest BCUT2D eigenvalue weighted by Crippen LogP contribution is -2.18. The number of carbonyl (C=O) groups is 1. The maximum absolute atomic E-state index is 12.9. The Balaban J connectivity index is 2.39. The van der Waals surface area contributed by atoms with Crippen molar-refractivity contribution < 1.29 is 9.18 Å². The van der Waals surface area contributed by atoms with Gasteiger partial charge in [-0.3, -0.25) is 4.79 Å². The predicted octanol–water partition coefficient (Wildman–Crippen LogP) is 2.08. The molecule has 2 nitrogen and oxygen atoms in total. The molecule has 0 bridgehead atoms. The largest absolute Gasteiger partial charge is 0.303 e. The van der Waals surface area contributed by atoms with Crippen LogP contribution in [0.25, 0.3) is 0 Å². The molecule has 1 aromatic carbocycles. The minimum atomic E-state index is -0.432. The van der Waals surface area contributed by atoms with Crippen molar-refractivity contribution in [2.45, 2.75) is 12.5 Å². The van der Waals surface area contributed by atoms with Gasteiger partial charge in [-0.2, -0.15) is 0 Å². The molecule has 0 amide bonds. The third-order valence-electron chi connectivity index (χ3n) is 2.31. The summed E-state index contributed by atoms with van der Waals surface area (Å²) in [5, 5.41) is 3.42. The maximum Gasteiger partial charge on any atom is 0.155 e. The van der Waals surface area contributed by atoms with Gasteiger partial charge in [0.15, 0.2) is 5.78 Å². The van der Waals surface area contributed by atoms with Crippen molar-refractivity contribution in [2.24, 2.45) is 0 Å². The molecule has 0 aliphatic carbocycles. The molecule has 1 aromatic rings.